The summed E-state index contributed by atoms with van der Waals surface area (Å²) >= 11 is 0. The number of sulfone groups is 1. The molecule has 1 heterocycles. The van der Waals surface area contributed by atoms with Gasteiger partial charge in [-0.3, -0.25) is 19.8 Å². The first-order valence-corrected chi connectivity index (χ1v) is 8.45. The fourth-order valence-corrected chi connectivity index (χ4v) is 4.39. The zero-order valence-electron chi connectivity index (χ0n) is 11.8. The van der Waals surface area contributed by atoms with Gasteiger partial charge in [0, 0.05) is 17.8 Å². The normalized spacial score (nSPS) is 19.7. The van der Waals surface area contributed by atoms with Gasteiger partial charge in [-0.25, -0.2) is 8.42 Å². The van der Waals surface area contributed by atoms with E-state index in [1.54, 1.807) is 30.3 Å². The summed E-state index contributed by atoms with van der Waals surface area (Å²) in [6.07, 6.45) is 0. The van der Waals surface area contributed by atoms with E-state index in [1.807, 2.05) is 0 Å². The van der Waals surface area contributed by atoms with Crippen molar-refractivity contribution < 1.29 is 18.1 Å². The van der Waals surface area contributed by atoms with Crippen molar-refractivity contribution in [2.75, 3.05) is 10.7 Å². The number of hydrogen-bond donors (Lipinski definition) is 0. The van der Waals surface area contributed by atoms with Crippen molar-refractivity contribution in [2.45, 2.75) is 5.37 Å². The van der Waals surface area contributed by atoms with E-state index in [4.69, 9.17) is 0 Å². The van der Waals surface area contributed by atoms with Crippen molar-refractivity contribution in [3.05, 3.63) is 70.3 Å². The first kappa shape index (κ1) is 15.2. The number of rotatable bonds is 3. The average Bonchev–Trinajstić information content (AvgIpc) is 2.77. The standard InChI is InChI=1S/C15H12N2O5S/c18-14-10-23(21,22)15(16(14)12-6-2-1-3-7-12)11-5-4-8-13(9-11)17(19)20/h1-9,15H,10H2. The molecule has 2 aromatic carbocycles. The Kier molecular flexibility index (Phi) is 3.61. The van der Waals surface area contributed by atoms with Crippen LogP contribution >= 0.6 is 0 Å². The van der Waals surface area contributed by atoms with E-state index in [9.17, 15) is 23.3 Å². The predicted molar refractivity (Wildman–Crippen MR) is 83.6 cm³/mol. The molecule has 7 nitrogen and oxygen atoms in total. The molecule has 1 atom stereocenters. The summed E-state index contributed by atoms with van der Waals surface area (Å²) in [5, 5.41) is 9.67. The number of non-ortho nitro benzene ring substituents is 1. The van der Waals surface area contributed by atoms with Crippen LogP contribution in [-0.2, 0) is 14.6 Å². The molecule has 3 rings (SSSR count). The van der Waals surface area contributed by atoms with Gasteiger partial charge in [0.2, 0.25) is 5.91 Å². The van der Waals surface area contributed by atoms with Gasteiger partial charge in [-0.15, -0.1) is 0 Å². The number of benzene rings is 2. The highest BCUT2D eigenvalue weighted by Gasteiger charge is 2.46. The zero-order valence-corrected chi connectivity index (χ0v) is 12.6. The SMILES string of the molecule is O=C1CS(=O)(=O)C(c2cccc([N+](=O)[O-])c2)N1c1ccccc1. The largest absolute Gasteiger partial charge is 0.290 e. The smallest absolute Gasteiger partial charge is 0.269 e. The lowest BCUT2D eigenvalue weighted by molar-refractivity contribution is -0.384. The highest BCUT2D eigenvalue weighted by atomic mass is 32.2. The first-order chi connectivity index (χ1) is 10.9. The van der Waals surface area contributed by atoms with Crippen molar-refractivity contribution >= 4 is 27.1 Å². The average molecular weight is 332 g/mol. The summed E-state index contributed by atoms with van der Waals surface area (Å²) in [6, 6.07) is 13.7. The van der Waals surface area contributed by atoms with E-state index in [0.29, 0.717) is 5.69 Å². The van der Waals surface area contributed by atoms with Gasteiger partial charge in [0.25, 0.3) is 5.69 Å². The fraction of sp³-hybridized carbons (Fsp3) is 0.133. The van der Waals surface area contributed by atoms with Crippen LogP contribution in [0.2, 0.25) is 0 Å². The van der Waals surface area contributed by atoms with Gasteiger partial charge < -0.3 is 0 Å². The van der Waals surface area contributed by atoms with Gasteiger partial charge in [0.1, 0.15) is 5.75 Å². The minimum Gasteiger partial charge on any atom is -0.290 e. The number of nitrogens with zero attached hydrogens (tertiary/aromatic N) is 2. The topological polar surface area (TPSA) is 97.6 Å². The first-order valence-electron chi connectivity index (χ1n) is 6.73. The lowest BCUT2D eigenvalue weighted by atomic mass is 10.1. The van der Waals surface area contributed by atoms with E-state index in [0.717, 1.165) is 0 Å². The van der Waals surface area contributed by atoms with Crippen molar-refractivity contribution in [3.63, 3.8) is 0 Å². The second kappa shape index (κ2) is 5.47. The molecule has 1 aliphatic heterocycles. The number of para-hydroxylation sites is 1. The number of carbonyl (C=O) groups excluding carboxylic acids is 1. The number of amides is 1. The Labute approximate surface area is 132 Å². The summed E-state index contributed by atoms with van der Waals surface area (Å²) in [6.45, 7) is 0. The molecular weight excluding hydrogens is 320 g/mol. The minimum absolute atomic E-state index is 0.203. The molecule has 1 saturated heterocycles. The Bertz CT molecular complexity index is 880. The summed E-state index contributed by atoms with van der Waals surface area (Å²) in [5.41, 5.74) is 0.425. The summed E-state index contributed by atoms with van der Waals surface area (Å²) in [7, 11) is -3.78. The molecule has 0 aliphatic carbocycles. The van der Waals surface area contributed by atoms with Crippen molar-refractivity contribution in [2.24, 2.45) is 0 Å². The Balaban J connectivity index is 2.15. The molecule has 0 radical (unpaired) electrons. The highest BCUT2D eigenvalue weighted by Crippen LogP contribution is 2.38. The van der Waals surface area contributed by atoms with E-state index < -0.39 is 31.8 Å². The minimum atomic E-state index is -3.78. The lowest BCUT2D eigenvalue weighted by Crippen LogP contribution is -2.29. The third kappa shape index (κ3) is 2.68. The van der Waals surface area contributed by atoms with Crippen LogP contribution in [0.25, 0.3) is 0 Å². The van der Waals surface area contributed by atoms with Crippen molar-refractivity contribution in [1.29, 1.82) is 0 Å². The maximum absolute atomic E-state index is 12.4. The number of anilines is 1. The molecule has 0 bridgehead atoms. The summed E-state index contributed by atoms with van der Waals surface area (Å²) in [5.74, 6) is -1.16. The molecule has 2 aromatic rings. The Hall–Kier alpha value is -2.74. The highest BCUT2D eigenvalue weighted by molar-refractivity contribution is 7.93. The lowest BCUT2D eigenvalue weighted by Gasteiger charge is -2.23. The molecule has 0 N–H and O–H groups in total. The molecule has 1 fully saturated rings. The van der Waals surface area contributed by atoms with Crippen LogP contribution in [-0.4, -0.2) is 25.0 Å². The molecule has 1 aliphatic rings. The van der Waals surface area contributed by atoms with Gasteiger partial charge >= 0.3 is 0 Å². The van der Waals surface area contributed by atoms with E-state index >= 15 is 0 Å². The quantitative estimate of drug-likeness (QED) is 0.633. The number of hydrogen-bond acceptors (Lipinski definition) is 5. The molecule has 0 saturated carbocycles. The Morgan fingerprint density at radius 2 is 1.78 bits per heavy atom. The third-order valence-corrected chi connectivity index (χ3v) is 5.38. The number of nitro groups is 1. The molecule has 0 spiro atoms. The summed E-state index contributed by atoms with van der Waals surface area (Å²) < 4.78 is 24.8. The fourth-order valence-electron chi connectivity index (χ4n) is 2.63. The molecule has 23 heavy (non-hydrogen) atoms. The van der Waals surface area contributed by atoms with Gasteiger partial charge in [0.15, 0.2) is 15.2 Å². The van der Waals surface area contributed by atoms with E-state index in [-0.39, 0.29) is 11.3 Å². The van der Waals surface area contributed by atoms with Crippen molar-refractivity contribution in [1.82, 2.24) is 0 Å². The maximum atomic E-state index is 12.4. The van der Waals surface area contributed by atoms with Crippen molar-refractivity contribution in [3.8, 4) is 0 Å². The van der Waals surface area contributed by atoms with Crippen LogP contribution in [0.1, 0.15) is 10.9 Å². The molecule has 8 heteroatoms. The van der Waals surface area contributed by atoms with Crippen LogP contribution in [0.15, 0.2) is 54.6 Å². The van der Waals surface area contributed by atoms with Crippen LogP contribution in [0.4, 0.5) is 11.4 Å². The molecule has 0 aromatic heterocycles. The number of nitro benzene ring substituents is 1. The van der Waals surface area contributed by atoms with E-state index in [2.05, 4.69) is 0 Å². The molecular formula is C15H12N2O5S. The van der Waals surface area contributed by atoms with Crippen LogP contribution in [0, 0.1) is 10.1 Å². The maximum Gasteiger partial charge on any atom is 0.269 e. The van der Waals surface area contributed by atoms with Gasteiger partial charge in [0.05, 0.1) is 4.92 Å². The second-order valence-electron chi connectivity index (χ2n) is 5.11. The van der Waals surface area contributed by atoms with Crippen LogP contribution in [0.5, 0.6) is 0 Å². The Morgan fingerprint density at radius 3 is 2.43 bits per heavy atom. The summed E-state index contributed by atoms with van der Waals surface area (Å²) in [4.78, 5) is 23.7. The monoisotopic (exact) mass is 332 g/mol. The third-order valence-electron chi connectivity index (χ3n) is 3.57. The Morgan fingerprint density at radius 1 is 1.09 bits per heavy atom. The second-order valence-corrected chi connectivity index (χ2v) is 7.17. The van der Waals surface area contributed by atoms with Crippen LogP contribution in [0.3, 0.4) is 0 Å². The zero-order chi connectivity index (χ0) is 16.6. The van der Waals surface area contributed by atoms with Gasteiger partial charge in [-0.2, -0.15) is 0 Å². The molecule has 1 unspecified atom stereocenters. The van der Waals surface area contributed by atoms with Crippen LogP contribution < -0.4 is 4.90 Å². The number of carbonyl (C=O) groups is 1. The molecule has 1 amide bonds. The van der Waals surface area contributed by atoms with Gasteiger partial charge in [-0.1, -0.05) is 30.3 Å². The van der Waals surface area contributed by atoms with Gasteiger partial charge in [-0.05, 0) is 17.7 Å². The molecule has 118 valence electrons. The van der Waals surface area contributed by atoms with E-state index in [1.165, 1.54) is 29.2 Å². The predicted octanol–water partition coefficient (Wildman–Crippen LogP) is 2.06.